The Bertz CT molecular complexity index is 1930. The number of ether oxygens (including phenoxy) is 2. The quantitative estimate of drug-likeness (QED) is 0.275. The van der Waals surface area contributed by atoms with Gasteiger partial charge in [-0.05, 0) is 24.1 Å². The molecule has 0 bridgehead atoms. The lowest BCUT2D eigenvalue weighted by Gasteiger charge is -2.23. The minimum atomic E-state index is -0.724. The maximum Gasteiger partial charge on any atom is 0.330 e. The van der Waals surface area contributed by atoms with Gasteiger partial charge in [0.25, 0.3) is 11.5 Å². The van der Waals surface area contributed by atoms with Crippen LogP contribution in [0.3, 0.4) is 0 Å². The van der Waals surface area contributed by atoms with Gasteiger partial charge in [-0.3, -0.25) is 14.2 Å². The largest absolute Gasteiger partial charge is 0.481 e. The average molecular weight is 653 g/mol. The lowest BCUT2D eigenvalue weighted by Crippen LogP contribution is -2.40. The summed E-state index contributed by atoms with van der Waals surface area (Å²) in [4.78, 5) is 42.5. The number of aromatic nitrogens is 3. The summed E-state index contributed by atoms with van der Waals surface area (Å²) in [6, 6.07) is 12.3. The fourth-order valence-electron chi connectivity index (χ4n) is 5.96. The molecule has 2 aliphatic rings. The van der Waals surface area contributed by atoms with Gasteiger partial charge >= 0.3 is 5.69 Å². The van der Waals surface area contributed by atoms with E-state index in [2.05, 4.69) is 10.6 Å². The van der Waals surface area contributed by atoms with E-state index in [4.69, 9.17) is 37.7 Å². The number of benzene rings is 2. The number of carbonyl (C=O) groups excluding carboxylic acids is 1. The van der Waals surface area contributed by atoms with E-state index in [9.17, 15) is 19.5 Å². The molecule has 45 heavy (non-hydrogen) atoms. The summed E-state index contributed by atoms with van der Waals surface area (Å²) in [7, 11) is 4.31. The molecule has 0 saturated carbocycles. The number of fused-ring (bicyclic) bond motifs is 1. The van der Waals surface area contributed by atoms with Crippen molar-refractivity contribution in [3.63, 3.8) is 0 Å². The fourth-order valence-corrected chi connectivity index (χ4v) is 6.55. The average Bonchev–Trinajstić information content (AvgIpc) is 3.66. The number of hydrogen-bond donors (Lipinski definition) is 3. The zero-order valence-corrected chi connectivity index (χ0v) is 26.3. The third-order valence-corrected chi connectivity index (χ3v) is 9.09. The van der Waals surface area contributed by atoms with Crippen LogP contribution in [0.2, 0.25) is 10.0 Å². The van der Waals surface area contributed by atoms with Crippen molar-refractivity contribution in [3.05, 3.63) is 96.2 Å². The highest BCUT2D eigenvalue weighted by molar-refractivity contribution is 6.39. The van der Waals surface area contributed by atoms with Gasteiger partial charge in [0.1, 0.15) is 5.56 Å². The van der Waals surface area contributed by atoms with Crippen LogP contribution in [0.1, 0.15) is 33.9 Å². The summed E-state index contributed by atoms with van der Waals surface area (Å²) in [6.07, 6.45) is 1.84. The molecule has 11 nitrogen and oxygen atoms in total. The van der Waals surface area contributed by atoms with Crippen molar-refractivity contribution in [2.45, 2.75) is 31.0 Å². The van der Waals surface area contributed by atoms with Crippen LogP contribution in [-0.4, -0.2) is 57.6 Å². The van der Waals surface area contributed by atoms with Gasteiger partial charge in [-0.2, -0.15) is 0 Å². The third-order valence-electron chi connectivity index (χ3n) is 8.28. The molecule has 3 unspecified atom stereocenters. The summed E-state index contributed by atoms with van der Waals surface area (Å²) >= 11 is 13.8. The summed E-state index contributed by atoms with van der Waals surface area (Å²) in [5.41, 5.74) is 2.85. The van der Waals surface area contributed by atoms with Gasteiger partial charge < -0.3 is 29.8 Å². The molecule has 0 spiro atoms. The van der Waals surface area contributed by atoms with Gasteiger partial charge in [0.2, 0.25) is 5.88 Å². The first-order chi connectivity index (χ1) is 21.6. The second-order valence-electron chi connectivity index (χ2n) is 11.2. The molecule has 0 radical (unpaired) electrons. The molecule has 2 aromatic carbocycles. The molecule has 1 aliphatic carbocycles. The number of aliphatic hydroxyl groups excluding tert-OH is 1. The van der Waals surface area contributed by atoms with Crippen LogP contribution in [0.25, 0.3) is 22.4 Å². The van der Waals surface area contributed by atoms with E-state index >= 15 is 0 Å². The number of hydrogen-bond acceptors (Lipinski definition) is 8. The van der Waals surface area contributed by atoms with E-state index < -0.39 is 23.3 Å². The van der Waals surface area contributed by atoms with Crippen molar-refractivity contribution in [3.8, 4) is 28.3 Å². The number of carbonyl (C=O) groups is 1. The predicted molar refractivity (Wildman–Crippen MR) is 171 cm³/mol. The number of aliphatic hydroxyl groups is 1. The van der Waals surface area contributed by atoms with Crippen LogP contribution in [0.15, 0.2) is 58.3 Å². The van der Waals surface area contributed by atoms with Crippen molar-refractivity contribution in [1.29, 1.82) is 0 Å². The van der Waals surface area contributed by atoms with Crippen LogP contribution >= 0.6 is 23.2 Å². The second kappa shape index (κ2) is 12.4. The number of nitrogens with one attached hydrogen (secondary N) is 2. The first kappa shape index (κ1) is 31.0. The number of nitrogens with zero attached hydrogens (tertiary/aromatic N) is 3. The van der Waals surface area contributed by atoms with E-state index in [1.54, 1.807) is 31.4 Å². The highest BCUT2D eigenvalue weighted by Gasteiger charge is 2.37. The Balaban J connectivity index is 1.34. The van der Waals surface area contributed by atoms with Gasteiger partial charge in [0.15, 0.2) is 0 Å². The Hall–Kier alpha value is -4.00. The van der Waals surface area contributed by atoms with Crippen molar-refractivity contribution < 1.29 is 19.4 Å². The highest BCUT2D eigenvalue weighted by atomic mass is 35.5. The van der Waals surface area contributed by atoms with Crippen molar-refractivity contribution in [1.82, 2.24) is 19.4 Å². The van der Waals surface area contributed by atoms with Crippen molar-refractivity contribution in [2.24, 2.45) is 14.1 Å². The molecule has 3 atom stereocenters. The lowest BCUT2D eigenvalue weighted by molar-refractivity contribution is 0.102. The number of rotatable bonds is 7. The molecule has 3 N–H and O–H groups in total. The molecule has 1 saturated heterocycles. The number of anilines is 1. The second-order valence-corrected chi connectivity index (χ2v) is 11.9. The van der Waals surface area contributed by atoms with Gasteiger partial charge in [-0.15, -0.1) is 0 Å². The maximum absolute atomic E-state index is 13.1. The summed E-state index contributed by atoms with van der Waals surface area (Å²) in [5, 5.41) is 17.7. The monoisotopic (exact) mass is 651 g/mol. The molecule has 2 aromatic heterocycles. The molecule has 234 valence electrons. The number of methoxy groups -OCH3 is 1. The highest BCUT2D eigenvalue weighted by Crippen LogP contribution is 2.44. The Labute approximate surface area is 268 Å². The lowest BCUT2D eigenvalue weighted by atomic mass is 9.99. The van der Waals surface area contributed by atoms with Gasteiger partial charge in [0, 0.05) is 61.6 Å². The topological polar surface area (TPSA) is 137 Å². The Morgan fingerprint density at radius 2 is 1.80 bits per heavy atom. The van der Waals surface area contributed by atoms with Crippen LogP contribution in [0, 0.1) is 0 Å². The van der Waals surface area contributed by atoms with E-state index in [0.29, 0.717) is 52.9 Å². The first-order valence-electron chi connectivity index (χ1n) is 14.3. The molecule has 4 aromatic rings. The minimum absolute atomic E-state index is 0.142. The number of aryl methyl sites for hydroxylation is 1. The van der Waals surface area contributed by atoms with Crippen molar-refractivity contribution in [2.75, 3.05) is 25.6 Å². The molecule has 1 aliphatic heterocycles. The van der Waals surface area contributed by atoms with E-state index in [1.807, 2.05) is 18.2 Å². The zero-order chi connectivity index (χ0) is 32.0. The van der Waals surface area contributed by atoms with Crippen LogP contribution in [-0.2, 0) is 25.3 Å². The molecular weight excluding hydrogens is 621 g/mol. The molecular formula is C32H31Cl2N5O6. The van der Waals surface area contributed by atoms with E-state index in [1.165, 1.54) is 20.3 Å². The van der Waals surface area contributed by atoms with Crippen molar-refractivity contribution >= 4 is 34.8 Å². The maximum atomic E-state index is 13.1. The minimum Gasteiger partial charge on any atom is -0.481 e. The standard InChI is InChI=1S/C32H31Cl2N5O6/c1-38-14-21(31(42)39(2)32(38)43)29(41)36-22-9-5-7-19(27(22)34)18-6-4-8-20(26(18)33)23-12-16-13-24(40)28(25(16)30(37-23)44-3)35-17-10-11-45-15-17/h4-9,12,14,17,24,28,35,40H,10-11,13,15H2,1-3H3,(H,36,41). The Kier molecular flexibility index (Phi) is 8.55. The summed E-state index contributed by atoms with van der Waals surface area (Å²) < 4.78 is 13.2. The number of halogens is 2. The summed E-state index contributed by atoms with van der Waals surface area (Å²) in [6.45, 7) is 1.28. The van der Waals surface area contributed by atoms with Gasteiger partial charge in [-0.25, -0.2) is 9.78 Å². The van der Waals surface area contributed by atoms with E-state index in [0.717, 1.165) is 26.7 Å². The Morgan fingerprint density at radius 1 is 1.09 bits per heavy atom. The smallest absolute Gasteiger partial charge is 0.330 e. The van der Waals surface area contributed by atoms with E-state index in [-0.39, 0.29) is 28.4 Å². The fraction of sp³-hybridized carbons (Fsp3) is 0.312. The third kappa shape index (κ3) is 5.66. The van der Waals surface area contributed by atoms with Gasteiger partial charge in [-0.1, -0.05) is 53.5 Å². The summed E-state index contributed by atoms with van der Waals surface area (Å²) in [5.74, 6) is -0.306. The zero-order valence-electron chi connectivity index (χ0n) is 24.8. The van der Waals surface area contributed by atoms with Crippen LogP contribution < -0.4 is 26.6 Å². The Morgan fingerprint density at radius 3 is 2.51 bits per heavy atom. The molecule has 3 heterocycles. The predicted octanol–water partition coefficient (Wildman–Crippen LogP) is 3.72. The first-order valence-corrected chi connectivity index (χ1v) is 15.1. The van der Waals surface area contributed by atoms with Gasteiger partial charge in [0.05, 0.1) is 47.3 Å². The number of pyridine rings is 1. The molecule has 1 amide bonds. The normalized spacial score (nSPS) is 19.0. The SMILES string of the molecule is COc1nc(-c2cccc(-c3cccc(NC(=O)c4cn(C)c(=O)n(C)c4=O)c3Cl)c2Cl)cc2c1C(NC1CCOC1)C(O)C2. The van der Waals surface area contributed by atoms with Crippen LogP contribution in [0.4, 0.5) is 5.69 Å². The molecule has 1 fully saturated rings. The number of amides is 1. The molecule has 6 rings (SSSR count). The molecule has 13 heteroatoms. The van der Waals surface area contributed by atoms with Crippen LogP contribution in [0.5, 0.6) is 5.88 Å².